The minimum absolute atomic E-state index is 0.0629. The number of furan rings is 1. The van der Waals surface area contributed by atoms with Crippen molar-refractivity contribution in [2.75, 3.05) is 5.32 Å². The molecule has 0 saturated carbocycles. The van der Waals surface area contributed by atoms with Gasteiger partial charge in [0.1, 0.15) is 11.3 Å². The van der Waals surface area contributed by atoms with Gasteiger partial charge in [0, 0.05) is 22.7 Å². The zero-order chi connectivity index (χ0) is 17.2. The molecule has 5 nitrogen and oxygen atoms in total. The summed E-state index contributed by atoms with van der Waals surface area (Å²) < 4.78 is 5.41. The van der Waals surface area contributed by atoms with E-state index in [1.54, 1.807) is 36.6 Å². The number of rotatable bonds is 3. The zero-order valence-corrected chi connectivity index (χ0v) is 13.2. The van der Waals surface area contributed by atoms with E-state index in [2.05, 4.69) is 10.3 Å². The van der Waals surface area contributed by atoms with Crippen LogP contribution in [-0.2, 0) is 0 Å². The lowest BCUT2D eigenvalue weighted by Crippen LogP contribution is -2.22. The predicted molar refractivity (Wildman–Crippen MR) is 96.7 cm³/mol. The normalized spacial score (nSPS) is 10.7. The number of H-pyrrole nitrogens is 1. The molecule has 0 atom stereocenters. The molecule has 2 aromatic heterocycles. The third-order valence-electron chi connectivity index (χ3n) is 3.99. The number of pyridine rings is 1. The molecule has 2 N–H and O–H groups in total. The minimum Gasteiger partial charge on any atom is -0.464 e. The van der Waals surface area contributed by atoms with Crippen molar-refractivity contribution < 1.29 is 9.21 Å². The molecular weight excluding hydrogens is 316 g/mol. The van der Waals surface area contributed by atoms with E-state index in [0.29, 0.717) is 22.4 Å². The van der Waals surface area contributed by atoms with Gasteiger partial charge >= 0.3 is 0 Å². The number of nitrogens with one attached hydrogen (secondary N) is 2. The fraction of sp³-hybridized carbons (Fsp3) is 0. The first-order valence-corrected chi connectivity index (χ1v) is 7.79. The Hall–Kier alpha value is -3.60. The Kier molecular flexibility index (Phi) is 3.67. The molecule has 0 bridgehead atoms. The molecular formula is C20H14N2O3. The zero-order valence-electron chi connectivity index (χ0n) is 13.2. The van der Waals surface area contributed by atoms with Crippen molar-refractivity contribution >= 4 is 22.5 Å². The number of amides is 1. The molecule has 2 aromatic carbocycles. The molecule has 4 rings (SSSR count). The predicted octanol–water partition coefficient (Wildman–Crippen LogP) is 4.04. The van der Waals surface area contributed by atoms with Gasteiger partial charge in [-0.3, -0.25) is 9.59 Å². The maximum absolute atomic E-state index is 12.6. The molecule has 0 saturated heterocycles. The number of hydrogen-bond acceptors (Lipinski definition) is 3. The first-order chi connectivity index (χ1) is 12.2. The van der Waals surface area contributed by atoms with Crippen molar-refractivity contribution in [1.82, 2.24) is 4.98 Å². The van der Waals surface area contributed by atoms with Crippen molar-refractivity contribution in [1.29, 1.82) is 0 Å². The quantitative estimate of drug-likeness (QED) is 0.595. The third-order valence-corrected chi connectivity index (χ3v) is 3.99. The van der Waals surface area contributed by atoms with Gasteiger partial charge in [0.25, 0.3) is 5.91 Å². The van der Waals surface area contributed by atoms with Gasteiger partial charge in [-0.1, -0.05) is 24.3 Å². The van der Waals surface area contributed by atoms with Crippen molar-refractivity contribution in [2.24, 2.45) is 0 Å². The van der Waals surface area contributed by atoms with E-state index in [-0.39, 0.29) is 11.0 Å². The molecule has 122 valence electrons. The number of fused-ring (bicyclic) bond motifs is 1. The second-order valence-corrected chi connectivity index (χ2v) is 5.55. The van der Waals surface area contributed by atoms with Gasteiger partial charge in [0.15, 0.2) is 0 Å². The Labute approximate surface area is 142 Å². The van der Waals surface area contributed by atoms with Gasteiger partial charge in [-0.05, 0) is 36.4 Å². The van der Waals surface area contributed by atoms with Crippen LogP contribution in [0.4, 0.5) is 5.69 Å². The summed E-state index contributed by atoms with van der Waals surface area (Å²) in [5.74, 6) is 0.175. The molecule has 25 heavy (non-hydrogen) atoms. The lowest BCUT2D eigenvalue weighted by atomic mass is 10.1. The van der Waals surface area contributed by atoms with Crippen LogP contribution in [-0.4, -0.2) is 10.9 Å². The molecule has 0 spiro atoms. The lowest BCUT2D eigenvalue weighted by Gasteiger charge is -2.09. The van der Waals surface area contributed by atoms with Gasteiger partial charge in [-0.15, -0.1) is 0 Å². The van der Waals surface area contributed by atoms with E-state index in [9.17, 15) is 9.59 Å². The summed E-state index contributed by atoms with van der Waals surface area (Å²) in [6.45, 7) is 0. The molecule has 0 aliphatic carbocycles. The lowest BCUT2D eigenvalue weighted by molar-refractivity contribution is 0.102. The van der Waals surface area contributed by atoms with E-state index in [4.69, 9.17) is 4.42 Å². The van der Waals surface area contributed by atoms with Gasteiger partial charge in [0.05, 0.1) is 12.0 Å². The number of carbonyl (C=O) groups excluding carboxylic acids is 1. The molecule has 0 fully saturated rings. The summed E-state index contributed by atoms with van der Waals surface area (Å²) in [7, 11) is 0. The second-order valence-electron chi connectivity index (χ2n) is 5.55. The summed E-state index contributed by atoms with van der Waals surface area (Å²) >= 11 is 0. The van der Waals surface area contributed by atoms with Gasteiger partial charge in [-0.2, -0.15) is 0 Å². The molecule has 2 heterocycles. The Morgan fingerprint density at radius 1 is 0.960 bits per heavy atom. The Bertz CT molecular complexity index is 1110. The van der Waals surface area contributed by atoms with Crippen LogP contribution >= 0.6 is 0 Å². The number of aromatic nitrogens is 1. The molecule has 0 radical (unpaired) electrons. The number of aromatic amines is 1. The van der Waals surface area contributed by atoms with Crippen LogP contribution in [0.2, 0.25) is 0 Å². The highest BCUT2D eigenvalue weighted by molar-refractivity contribution is 6.07. The largest absolute Gasteiger partial charge is 0.464 e. The highest BCUT2D eigenvalue weighted by Crippen LogP contribution is 2.28. The van der Waals surface area contributed by atoms with E-state index in [0.717, 1.165) is 5.56 Å². The van der Waals surface area contributed by atoms with E-state index in [1.807, 2.05) is 30.3 Å². The van der Waals surface area contributed by atoms with E-state index >= 15 is 0 Å². The van der Waals surface area contributed by atoms with Crippen molar-refractivity contribution in [3.05, 3.63) is 88.9 Å². The summed E-state index contributed by atoms with van der Waals surface area (Å²) in [6.07, 6.45) is 3.01. The summed E-state index contributed by atoms with van der Waals surface area (Å²) in [5.41, 5.74) is 1.78. The molecule has 0 aliphatic rings. The maximum atomic E-state index is 12.6. The average molecular weight is 330 g/mol. The number of carbonyl (C=O) groups is 1. The van der Waals surface area contributed by atoms with Crippen LogP contribution in [0.1, 0.15) is 10.4 Å². The van der Waals surface area contributed by atoms with Crippen molar-refractivity contribution in [2.45, 2.75) is 0 Å². The monoisotopic (exact) mass is 330 g/mol. The van der Waals surface area contributed by atoms with E-state index in [1.165, 1.54) is 6.20 Å². The smallest absolute Gasteiger partial charge is 0.261 e. The highest BCUT2D eigenvalue weighted by atomic mass is 16.3. The van der Waals surface area contributed by atoms with Crippen LogP contribution in [0.15, 0.2) is 82.3 Å². The minimum atomic E-state index is -0.467. The average Bonchev–Trinajstić information content (AvgIpc) is 3.17. The number of hydrogen-bond donors (Lipinski definition) is 2. The summed E-state index contributed by atoms with van der Waals surface area (Å²) in [6, 6.07) is 18.0. The Morgan fingerprint density at radius 3 is 2.60 bits per heavy atom. The van der Waals surface area contributed by atoms with E-state index < -0.39 is 5.91 Å². The Balaban J connectivity index is 1.72. The van der Waals surface area contributed by atoms with Crippen molar-refractivity contribution in [3.8, 4) is 11.3 Å². The Morgan fingerprint density at radius 2 is 1.76 bits per heavy atom. The van der Waals surface area contributed by atoms with Crippen LogP contribution in [0.5, 0.6) is 0 Å². The van der Waals surface area contributed by atoms with Gasteiger partial charge in [0.2, 0.25) is 5.43 Å². The topological polar surface area (TPSA) is 75.1 Å². The maximum Gasteiger partial charge on any atom is 0.261 e. The molecule has 5 heteroatoms. The van der Waals surface area contributed by atoms with Crippen molar-refractivity contribution in [3.63, 3.8) is 0 Å². The highest BCUT2D eigenvalue weighted by Gasteiger charge is 2.15. The standard InChI is InChI=1S/C20H14N2O3/c23-19-14-7-2-3-8-16(14)21-12-15(19)20(24)22-17-9-4-1-6-13(17)18-10-5-11-25-18/h1-12H,(H,21,23)(H,22,24). The van der Waals surface area contributed by atoms with Crippen LogP contribution in [0.25, 0.3) is 22.2 Å². The third kappa shape index (κ3) is 2.72. The molecule has 1 amide bonds. The second kappa shape index (κ2) is 6.13. The van der Waals surface area contributed by atoms with Gasteiger partial charge in [-0.25, -0.2) is 0 Å². The summed E-state index contributed by atoms with van der Waals surface area (Å²) in [4.78, 5) is 28.2. The van der Waals surface area contributed by atoms with Gasteiger partial charge < -0.3 is 14.7 Å². The first kappa shape index (κ1) is 15.0. The molecule has 0 unspecified atom stereocenters. The fourth-order valence-corrected chi connectivity index (χ4v) is 2.76. The first-order valence-electron chi connectivity index (χ1n) is 7.79. The number of benzene rings is 2. The SMILES string of the molecule is O=C(Nc1ccccc1-c1ccco1)c1c[nH]c2ccccc2c1=O. The number of para-hydroxylation sites is 2. The molecule has 4 aromatic rings. The van der Waals surface area contributed by atoms with Crippen LogP contribution in [0, 0.1) is 0 Å². The molecule has 0 aliphatic heterocycles. The van der Waals surface area contributed by atoms with Crippen LogP contribution < -0.4 is 10.7 Å². The summed E-state index contributed by atoms with van der Waals surface area (Å²) in [5, 5.41) is 3.28. The fourth-order valence-electron chi connectivity index (χ4n) is 2.76. The number of anilines is 1. The van der Waals surface area contributed by atoms with Crippen LogP contribution in [0.3, 0.4) is 0 Å².